The second-order valence-corrected chi connectivity index (χ2v) is 9.43. The summed E-state index contributed by atoms with van der Waals surface area (Å²) in [6.45, 7) is 5.50. The van der Waals surface area contributed by atoms with Crippen molar-refractivity contribution in [2.45, 2.75) is 50.7 Å². The molecule has 1 spiro atoms. The molecule has 0 aliphatic carbocycles. The molecule has 2 heterocycles. The van der Waals surface area contributed by atoms with Gasteiger partial charge in [-0.3, -0.25) is 0 Å². The number of likely N-dealkylation sites (tertiary alicyclic amines) is 1. The quantitative estimate of drug-likeness (QED) is 0.476. The van der Waals surface area contributed by atoms with Gasteiger partial charge in [-0.05, 0) is 48.7 Å². The average Bonchev–Trinajstić information content (AvgIpc) is 3.19. The van der Waals surface area contributed by atoms with Gasteiger partial charge >= 0.3 is 12.3 Å². The van der Waals surface area contributed by atoms with Crippen LogP contribution < -0.4 is 0 Å². The van der Waals surface area contributed by atoms with Crippen LogP contribution in [0, 0.1) is 11.3 Å². The number of rotatable bonds is 8. The van der Waals surface area contributed by atoms with Crippen molar-refractivity contribution in [3.8, 4) is 6.07 Å². The summed E-state index contributed by atoms with van der Waals surface area (Å²) in [5, 5.41) is 9.30. The summed E-state index contributed by atoms with van der Waals surface area (Å²) in [5.41, 5.74) is 0.642. The maximum Gasteiger partial charge on any atom is 0.416 e. The van der Waals surface area contributed by atoms with Gasteiger partial charge in [0.1, 0.15) is 5.60 Å². The topological polar surface area (TPSA) is 65.8 Å². The molecule has 9 heteroatoms. The van der Waals surface area contributed by atoms with Crippen molar-refractivity contribution in [2.24, 2.45) is 0 Å². The first-order valence-corrected chi connectivity index (χ1v) is 12.2. The summed E-state index contributed by atoms with van der Waals surface area (Å²) < 4.78 is 51.2. The van der Waals surface area contributed by atoms with E-state index in [4.69, 9.17) is 9.47 Å². The van der Waals surface area contributed by atoms with E-state index in [1.807, 2.05) is 13.0 Å². The normalized spacial score (nSPS) is 18.8. The Hall–Kier alpha value is -3.09. The maximum atomic E-state index is 13.1. The molecule has 192 valence electrons. The van der Waals surface area contributed by atoms with Crippen LogP contribution in [0.2, 0.25) is 0 Å². The van der Waals surface area contributed by atoms with Gasteiger partial charge in [0.2, 0.25) is 0 Å². The first-order valence-electron chi connectivity index (χ1n) is 12.2. The van der Waals surface area contributed by atoms with E-state index >= 15 is 0 Å². The third-order valence-corrected chi connectivity index (χ3v) is 6.99. The van der Waals surface area contributed by atoms with Gasteiger partial charge < -0.3 is 19.3 Å². The predicted molar refractivity (Wildman–Crippen MR) is 127 cm³/mol. The minimum Gasteiger partial charge on any atom is -0.441 e. The number of nitriles is 1. The number of piperidine rings is 1. The molecule has 2 aliphatic heterocycles. The zero-order chi connectivity index (χ0) is 25.8. The fourth-order valence-corrected chi connectivity index (χ4v) is 4.87. The number of hydrogen-bond donors (Lipinski definition) is 0. The third-order valence-electron chi connectivity index (χ3n) is 6.99. The summed E-state index contributed by atoms with van der Waals surface area (Å²) in [6.07, 6.45) is -2.91. The highest BCUT2D eigenvalue weighted by Gasteiger charge is 2.46. The maximum absolute atomic E-state index is 13.1. The molecule has 0 bridgehead atoms. The van der Waals surface area contributed by atoms with Crippen molar-refractivity contribution in [1.82, 2.24) is 9.80 Å². The molecule has 2 aliphatic rings. The van der Waals surface area contributed by atoms with Gasteiger partial charge in [-0.1, -0.05) is 24.3 Å². The van der Waals surface area contributed by atoms with Gasteiger partial charge in [-0.25, -0.2) is 4.79 Å². The van der Waals surface area contributed by atoms with Gasteiger partial charge in [0.25, 0.3) is 0 Å². The van der Waals surface area contributed by atoms with E-state index in [-0.39, 0.29) is 18.8 Å². The Bertz CT molecular complexity index is 1110. The second kappa shape index (κ2) is 10.9. The standard InChI is InChI=1S/C27H30F3N3O3/c1-2-33-19-26(36-25(33)34)10-13-32(14-11-26)12-9-24(22-7-3-5-20(15-22)17-31)35-18-21-6-4-8-23(16-21)27(28,29)30/h3-8,15-16,24H,2,9-14,18-19H2,1H3. The monoisotopic (exact) mass is 501 g/mol. The van der Waals surface area contributed by atoms with Crippen LogP contribution in [0.15, 0.2) is 48.5 Å². The van der Waals surface area contributed by atoms with Crippen LogP contribution in [0.4, 0.5) is 18.0 Å². The Morgan fingerprint density at radius 3 is 2.58 bits per heavy atom. The van der Waals surface area contributed by atoms with Crippen LogP contribution >= 0.6 is 0 Å². The molecule has 4 rings (SSSR count). The number of alkyl halides is 3. The fraction of sp³-hybridized carbons (Fsp3) is 0.481. The number of halogens is 3. The van der Waals surface area contributed by atoms with Crippen LogP contribution in [0.5, 0.6) is 0 Å². The zero-order valence-electron chi connectivity index (χ0n) is 20.3. The highest BCUT2D eigenvalue weighted by Crippen LogP contribution is 2.34. The fourth-order valence-electron chi connectivity index (χ4n) is 4.87. The lowest BCUT2D eigenvalue weighted by atomic mass is 9.91. The molecule has 0 radical (unpaired) electrons. The Kier molecular flexibility index (Phi) is 7.86. The number of likely N-dealkylation sites (N-methyl/N-ethyl adjacent to an activating group) is 1. The number of nitrogens with zero attached hydrogens (tertiary/aromatic N) is 3. The van der Waals surface area contributed by atoms with Crippen molar-refractivity contribution < 1.29 is 27.4 Å². The molecule has 1 amide bonds. The van der Waals surface area contributed by atoms with Crippen LogP contribution in [0.3, 0.4) is 0 Å². The SMILES string of the molecule is CCN1CC2(CCN(CCC(OCc3cccc(C(F)(F)F)c3)c3cccc(C#N)c3)CC2)OC1=O. The van der Waals surface area contributed by atoms with Crippen molar-refractivity contribution in [1.29, 1.82) is 5.26 Å². The Labute approximate surface area is 209 Å². The predicted octanol–water partition coefficient (Wildman–Crippen LogP) is 5.53. The number of hydrogen-bond acceptors (Lipinski definition) is 5. The van der Waals surface area contributed by atoms with Gasteiger partial charge in [0.05, 0.1) is 36.5 Å². The Balaban J connectivity index is 1.40. The van der Waals surface area contributed by atoms with Gasteiger partial charge in [0, 0.05) is 39.0 Å². The van der Waals surface area contributed by atoms with E-state index < -0.39 is 17.3 Å². The molecular formula is C27H30F3N3O3. The Morgan fingerprint density at radius 2 is 1.92 bits per heavy atom. The highest BCUT2D eigenvalue weighted by atomic mass is 19.4. The Morgan fingerprint density at radius 1 is 1.17 bits per heavy atom. The minimum absolute atomic E-state index is 0.0251. The molecule has 0 saturated carbocycles. The second-order valence-electron chi connectivity index (χ2n) is 9.43. The third kappa shape index (κ3) is 6.18. The summed E-state index contributed by atoms with van der Waals surface area (Å²) in [6, 6.07) is 14.4. The molecule has 2 aromatic rings. The smallest absolute Gasteiger partial charge is 0.416 e. The molecule has 2 aromatic carbocycles. The van der Waals surface area contributed by atoms with E-state index in [0.717, 1.165) is 43.6 Å². The van der Waals surface area contributed by atoms with E-state index in [1.54, 1.807) is 29.2 Å². The molecular weight excluding hydrogens is 471 g/mol. The van der Waals surface area contributed by atoms with Crippen LogP contribution in [-0.2, 0) is 22.3 Å². The lowest BCUT2D eigenvalue weighted by Crippen LogP contribution is -2.47. The van der Waals surface area contributed by atoms with Crippen LogP contribution in [0.25, 0.3) is 0 Å². The van der Waals surface area contributed by atoms with Crippen molar-refractivity contribution in [2.75, 3.05) is 32.7 Å². The molecule has 2 saturated heterocycles. The zero-order valence-corrected chi connectivity index (χ0v) is 20.3. The molecule has 36 heavy (non-hydrogen) atoms. The lowest BCUT2D eigenvalue weighted by Gasteiger charge is -2.37. The lowest BCUT2D eigenvalue weighted by molar-refractivity contribution is -0.137. The van der Waals surface area contributed by atoms with Crippen LogP contribution in [0.1, 0.15) is 54.5 Å². The minimum atomic E-state index is -4.41. The van der Waals surface area contributed by atoms with Crippen molar-refractivity contribution >= 4 is 6.09 Å². The molecule has 1 atom stereocenters. The summed E-state index contributed by atoms with van der Waals surface area (Å²) >= 11 is 0. The number of carbonyl (C=O) groups is 1. The first kappa shape index (κ1) is 26.0. The largest absolute Gasteiger partial charge is 0.441 e. The number of carbonyl (C=O) groups excluding carboxylic acids is 1. The van der Waals surface area contributed by atoms with E-state index in [1.165, 1.54) is 6.07 Å². The van der Waals surface area contributed by atoms with E-state index in [9.17, 15) is 23.2 Å². The van der Waals surface area contributed by atoms with Crippen LogP contribution in [-0.4, -0.2) is 54.2 Å². The molecule has 1 unspecified atom stereocenters. The summed E-state index contributed by atoms with van der Waals surface area (Å²) in [5.74, 6) is 0. The van der Waals surface area contributed by atoms with Gasteiger partial charge in [-0.15, -0.1) is 0 Å². The van der Waals surface area contributed by atoms with E-state index in [0.29, 0.717) is 37.2 Å². The number of ether oxygens (including phenoxy) is 2. The van der Waals surface area contributed by atoms with Crippen molar-refractivity contribution in [3.05, 3.63) is 70.8 Å². The highest BCUT2D eigenvalue weighted by molar-refractivity contribution is 5.70. The summed E-state index contributed by atoms with van der Waals surface area (Å²) in [4.78, 5) is 16.1. The van der Waals surface area contributed by atoms with E-state index in [2.05, 4.69) is 11.0 Å². The summed E-state index contributed by atoms with van der Waals surface area (Å²) in [7, 11) is 0. The van der Waals surface area contributed by atoms with Gasteiger partial charge in [0.15, 0.2) is 0 Å². The molecule has 2 fully saturated rings. The van der Waals surface area contributed by atoms with Gasteiger partial charge in [-0.2, -0.15) is 18.4 Å². The first-order chi connectivity index (χ1) is 17.2. The number of benzene rings is 2. The van der Waals surface area contributed by atoms with Crippen molar-refractivity contribution in [3.63, 3.8) is 0 Å². The molecule has 0 aromatic heterocycles. The average molecular weight is 502 g/mol. The molecule has 6 nitrogen and oxygen atoms in total. The molecule has 0 N–H and O–H groups in total. The number of amides is 1.